The molecule has 38 heavy (non-hydrogen) atoms. The second kappa shape index (κ2) is 10.4. The smallest absolute Gasteiger partial charge is 0.178 e. The monoisotopic (exact) mass is 537 g/mol. The Morgan fingerprint density at radius 3 is 2.47 bits per heavy atom. The van der Waals surface area contributed by atoms with E-state index in [4.69, 9.17) is 9.47 Å². The Hall–Kier alpha value is -3.36. The van der Waals surface area contributed by atoms with Crippen LogP contribution < -0.4 is 9.47 Å². The highest BCUT2D eigenvalue weighted by molar-refractivity contribution is 7.90. The van der Waals surface area contributed by atoms with Gasteiger partial charge in [-0.1, -0.05) is 31.5 Å². The van der Waals surface area contributed by atoms with Crippen LogP contribution in [-0.2, 0) is 9.84 Å². The van der Waals surface area contributed by atoms with Gasteiger partial charge in [-0.15, -0.1) is 0 Å². The van der Waals surface area contributed by atoms with Crippen molar-refractivity contribution in [3.8, 4) is 17.2 Å². The molecular formula is C30H32FNO5S. The van der Waals surface area contributed by atoms with E-state index in [0.29, 0.717) is 29.1 Å². The number of hydrogen-bond acceptors (Lipinski definition) is 6. The van der Waals surface area contributed by atoms with Crippen molar-refractivity contribution in [3.05, 3.63) is 83.2 Å². The summed E-state index contributed by atoms with van der Waals surface area (Å²) in [5, 5.41) is 10.1. The van der Waals surface area contributed by atoms with Crippen LogP contribution in [0.2, 0.25) is 0 Å². The molecule has 6 nitrogen and oxygen atoms in total. The Morgan fingerprint density at radius 1 is 1.08 bits per heavy atom. The lowest BCUT2D eigenvalue weighted by atomic mass is 9.86. The van der Waals surface area contributed by atoms with E-state index < -0.39 is 21.8 Å². The van der Waals surface area contributed by atoms with E-state index in [-0.39, 0.29) is 10.6 Å². The van der Waals surface area contributed by atoms with Crippen LogP contribution in [0.15, 0.2) is 65.6 Å². The first-order chi connectivity index (χ1) is 18.1. The summed E-state index contributed by atoms with van der Waals surface area (Å²) in [4.78, 5) is 2.04. The van der Waals surface area contributed by atoms with Crippen LogP contribution in [0.5, 0.6) is 17.2 Å². The third-order valence-electron chi connectivity index (χ3n) is 7.39. The third kappa shape index (κ3) is 5.28. The van der Waals surface area contributed by atoms with Gasteiger partial charge in [-0.25, -0.2) is 12.8 Å². The largest absolute Gasteiger partial charge is 0.508 e. The summed E-state index contributed by atoms with van der Waals surface area (Å²) in [7, 11) is -3.71. The fourth-order valence-electron chi connectivity index (χ4n) is 5.16. The van der Waals surface area contributed by atoms with E-state index in [2.05, 4.69) is 11.8 Å². The lowest BCUT2D eigenvalue weighted by molar-refractivity contribution is 0.0806. The molecule has 1 saturated heterocycles. The normalized spacial score (nSPS) is 18.1. The highest BCUT2D eigenvalue weighted by atomic mass is 32.2. The molecule has 0 saturated carbocycles. The molecule has 3 aromatic carbocycles. The van der Waals surface area contributed by atoms with Gasteiger partial charge in [0.25, 0.3) is 0 Å². The van der Waals surface area contributed by atoms with E-state index in [1.54, 1.807) is 24.3 Å². The van der Waals surface area contributed by atoms with Crippen molar-refractivity contribution in [3.63, 3.8) is 0 Å². The molecule has 0 aromatic heterocycles. The molecule has 5 rings (SSSR count). The lowest BCUT2D eigenvalue weighted by Gasteiger charge is -2.38. The zero-order valence-corrected chi connectivity index (χ0v) is 22.6. The highest BCUT2D eigenvalue weighted by Crippen LogP contribution is 2.47. The zero-order chi connectivity index (χ0) is 27.0. The number of hydrogen-bond donors (Lipinski definition) is 1. The van der Waals surface area contributed by atoms with Crippen molar-refractivity contribution in [2.75, 3.05) is 32.5 Å². The standard InChI is InChI=1S/C30H32FNO5S/c1-4-20-17-32(18-20)13-14-36-24-9-5-21(6-10-24)30-29(19(2)25-16-23(33)8-11-27(25)37-30)22-7-12-28(26(31)15-22)38(3,34)35/h5-12,15-16,20,30,33H,4,13-14,17-18H2,1-3H3. The molecule has 2 aliphatic rings. The summed E-state index contributed by atoms with van der Waals surface area (Å²) in [5.74, 6) is 1.44. The van der Waals surface area contributed by atoms with Crippen LogP contribution in [0.4, 0.5) is 4.39 Å². The van der Waals surface area contributed by atoms with Gasteiger partial charge < -0.3 is 14.6 Å². The Morgan fingerprint density at radius 2 is 1.82 bits per heavy atom. The Balaban J connectivity index is 1.43. The van der Waals surface area contributed by atoms with Crippen LogP contribution in [-0.4, -0.2) is 50.9 Å². The summed E-state index contributed by atoms with van der Waals surface area (Å²) in [5.41, 5.74) is 3.54. The zero-order valence-electron chi connectivity index (χ0n) is 21.8. The van der Waals surface area contributed by atoms with Crippen molar-refractivity contribution >= 4 is 21.0 Å². The topological polar surface area (TPSA) is 76.1 Å². The lowest BCUT2D eigenvalue weighted by Crippen LogP contribution is -2.47. The number of nitrogens with zero attached hydrogens (tertiary/aromatic N) is 1. The van der Waals surface area contributed by atoms with Gasteiger partial charge in [0, 0.05) is 37.0 Å². The van der Waals surface area contributed by atoms with Gasteiger partial charge in [-0.05, 0) is 72.0 Å². The van der Waals surface area contributed by atoms with Crippen LogP contribution in [0.1, 0.15) is 43.1 Å². The van der Waals surface area contributed by atoms with Crippen LogP contribution in [0.3, 0.4) is 0 Å². The average Bonchev–Trinajstić information content (AvgIpc) is 2.85. The Bertz CT molecular complexity index is 1480. The van der Waals surface area contributed by atoms with E-state index in [1.807, 2.05) is 31.2 Å². The van der Waals surface area contributed by atoms with Crippen LogP contribution >= 0.6 is 0 Å². The molecule has 0 aliphatic carbocycles. The van der Waals surface area contributed by atoms with E-state index in [1.165, 1.54) is 18.6 Å². The number of benzene rings is 3. The minimum Gasteiger partial charge on any atom is -0.508 e. The van der Waals surface area contributed by atoms with E-state index >= 15 is 0 Å². The number of aromatic hydroxyl groups is 1. The van der Waals surface area contributed by atoms with Crippen molar-refractivity contribution in [1.82, 2.24) is 4.90 Å². The van der Waals surface area contributed by atoms with Gasteiger partial charge in [-0.2, -0.15) is 0 Å². The molecule has 1 fully saturated rings. The van der Waals surface area contributed by atoms with Gasteiger partial charge in [0.15, 0.2) is 9.84 Å². The maximum absolute atomic E-state index is 14.9. The number of sulfone groups is 1. The number of likely N-dealkylation sites (tertiary alicyclic amines) is 1. The van der Waals surface area contributed by atoms with Crippen molar-refractivity contribution in [1.29, 1.82) is 0 Å². The first-order valence-corrected chi connectivity index (χ1v) is 14.7. The number of ether oxygens (including phenoxy) is 2. The number of halogens is 1. The first kappa shape index (κ1) is 26.3. The maximum atomic E-state index is 14.9. The molecule has 1 unspecified atom stereocenters. The molecule has 1 atom stereocenters. The minimum absolute atomic E-state index is 0.0908. The molecule has 1 N–H and O–H groups in total. The Kier molecular flexibility index (Phi) is 7.20. The third-order valence-corrected chi connectivity index (χ3v) is 8.52. The number of phenols is 1. The van der Waals surface area contributed by atoms with Crippen molar-refractivity contribution < 1.29 is 27.4 Å². The minimum atomic E-state index is -3.71. The fourth-order valence-corrected chi connectivity index (χ4v) is 5.89. The van der Waals surface area contributed by atoms with Gasteiger partial charge in [0.05, 0.1) is 0 Å². The molecule has 2 aliphatic heterocycles. The molecule has 0 amide bonds. The molecular weight excluding hydrogens is 505 g/mol. The summed E-state index contributed by atoms with van der Waals surface area (Å²) in [6, 6.07) is 16.6. The number of rotatable bonds is 8. The van der Waals surface area contributed by atoms with E-state index in [0.717, 1.165) is 48.7 Å². The molecule has 0 bridgehead atoms. The van der Waals surface area contributed by atoms with Crippen molar-refractivity contribution in [2.24, 2.45) is 5.92 Å². The molecule has 2 heterocycles. The van der Waals surface area contributed by atoms with Gasteiger partial charge in [0.1, 0.15) is 40.7 Å². The second-order valence-corrected chi connectivity index (χ2v) is 12.1. The average molecular weight is 538 g/mol. The second-order valence-electron chi connectivity index (χ2n) is 10.1. The predicted octanol–water partition coefficient (Wildman–Crippen LogP) is 5.72. The van der Waals surface area contributed by atoms with Gasteiger partial charge in [0.2, 0.25) is 0 Å². The van der Waals surface area contributed by atoms with Gasteiger partial charge >= 0.3 is 0 Å². The Labute approximate surface area is 223 Å². The van der Waals surface area contributed by atoms with Crippen molar-refractivity contribution in [2.45, 2.75) is 31.3 Å². The maximum Gasteiger partial charge on any atom is 0.178 e. The summed E-state index contributed by atoms with van der Waals surface area (Å²) in [6.45, 7) is 7.90. The van der Waals surface area contributed by atoms with Crippen LogP contribution in [0, 0.1) is 11.7 Å². The summed E-state index contributed by atoms with van der Waals surface area (Å²) in [6.07, 6.45) is 1.63. The highest BCUT2D eigenvalue weighted by Gasteiger charge is 2.30. The van der Waals surface area contributed by atoms with E-state index in [9.17, 15) is 17.9 Å². The molecule has 0 radical (unpaired) electrons. The predicted molar refractivity (Wildman–Crippen MR) is 146 cm³/mol. The molecule has 0 spiro atoms. The van der Waals surface area contributed by atoms with Gasteiger partial charge in [-0.3, -0.25) is 4.90 Å². The first-order valence-electron chi connectivity index (χ1n) is 12.8. The molecule has 3 aromatic rings. The number of fused-ring (bicyclic) bond motifs is 1. The molecule has 200 valence electrons. The SMILES string of the molecule is CCC1CN(CCOc2ccc(C3Oc4ccc(O)cc4C(C)=C3c3ccc(S(C)(=O)=O)c(F)c3)cc2)C1. The van der Waals surface area contributed by atoms with Crippen LogP contribution in [0.25, 0.3) is 11.1 Å². The summed E-state index contributed by atoms with van der Waals surface area (Å²) >= 11 is 0. The fraction of sp³-hybridized carbons (Fsp3) is 0.333. The number of phenolic OH excluding ortho intramolecular Hbond substituents is 1. The molecule has 8 heteroatoms. The quantitative estimate of drug-likeness (QED) is 0.396. The summed E-state index contributed by atoms with van der Waals surface area (Å²) < 4.78 is 51.2. The number of allylic oxidation sites excluding steroid dienone is 1.